The van der Waals surface area contributed by atoms with Gasteiger partial charge in [-0.2, -0.15) is 0 Å². The minimum absolute atomic E-state index is 0.800. The molecular formula is C26H31N3. The van der Waals surface area contributed by atoms with Crippen molar-refractivity contribution in [3.63, 3.8) is 0 Å². The smallest absolute Gasteiger partial charge is 0.0603 e. The van der Waals surface area contributed by atoms with Crippen LogP contribution in [0.3, 0.4) is 0 Å². The Balaban J connectivity index is 2.09. The van der Waals surface area contributed by atoms with Crippen LogP contribution in [0.2, 0.25) is 0 Å². The van der Waals surface area contributed by atoms with E-state index < -0.39 is 0 Å². The number of aliphatic imine (C=N–C) groups is 1. The van der Waals surface area contributed by atoms with Crippen LogP contribution < -0.4 is 10.6 Å². The fourth-order valence-corrected chi connectivity index (χ4v) is 3.58. The van der Waals surface area contributed by atoms with Crippen molar-refractivity contribution < 1.29 is 0 Å². The van der Waals surface area contributed by atoms with Crippen LogP contribution in [0.1, 0.15) is 38.8 Å². The fourth-order valence-electron chi connectivity index (χ4n) is 3.58. The highest BCUT2D eigenvalue weighted by Gasteiger charge is 2.13. The first-order chi connectivity index (χ1) is 14.2. The van der Waals surface area contributed by atoms with Crippen LogP contribution in [0.4, 0.5) is 11.4 Å². The first kappa shape index (κ1) is 20.7. The largest absolute Gasteiger partial charge is 0.385 e. The number of anilines is 2. The van der Waals surface area contributed by atoms with Gasteiger partial charge < -0.3 is 10.6 Å². The molecule has 1 aliphatic carbocycles. The molecule has 0 aromatic heterocycles. The lowest BCUT2D eigenvalue weighted by molar-refractivity contribution is 1.13. The Morgan fingerprint density at radius 1 is 0.759 bits per heavy atom. The molecule has 0 spiro atoms. The Kier molecular flexibility index (Phi) is 7.07. The molecule has 0 bridgehead atoms. The van der Waals surface area contributed by atoms with Gasteiger partial charge in [0.15, 0.2) is 0 Å². The predicted molar refractivity (Wildman–Crippen MR) is 128 cm³/mol. The molecule has 150 valence electrons. The van der Waals surface area contributed by atoms with E-state index in [1.165, 1.54) is 27.8 Å². The molecule has 0 atom stereocenters. The molecule has 1 aliphatic rings. The average Bonchev–Trinajstić information content (AvgIpc) is 2.73. The van der Waals surface area contributed by atoms with Crippen molar-refractivity contribution in [2.45, 2.75) is 27.7 Å². The quantitative estimate of drug-likeness (QED) is 0.584. The van der Waals surface area contributed by atoms with Crippen molar-refractivity contribution in [1.29, 1.82) is 0 Å². The molecule has 2 N–H and O–H groups in total. The number of nitrogens with one attached hydrogen (secondary N) is 2. The van der Waals surface area contributed by atoms with Crippen LogP contribution in [0.25, 0.3) is 5.57 Å². The molecule has 29 heavy (non-hydrogen) atoms. The second-order valence-electron chi connectivity index (χ2n) is 7.07. The van der Waals surface area contributed by atoms with Crippen LogP contribution in [0.15, 0.2) is 82.9 Å². The van der Waals surface area contributed by atoms with Crippen molar-refractivity contribution >= 4 is 22.7 Å². The lowest BCUT2D eigenvalue weighted by Crippen LogP contribution is -2.04. The molecule has 3 nitrogen and oxygen atoms in total. The number of rotatable bonds is 7. The van der Waals surface area contributed by atoms with Gasteiger partial charge in [-0.05, 0) is 92.0 Å². The Labute approximate surface area is 175 Å². The van der Waals surface area contributed by atoms with Gasteiger partial charge in [0.25, 0.3) is 0 Å². The summed E-state index contributed by atoms with van der Waals surface area (Å²) in [4.78, 5) is 4.59. The molecule has 0 saturated carbocycles. The molecule has 2 aromatic carbocycles. The van der Waals surface area contributed by atoms with E-state index in [0.717, 1.165) is 36.7 Å². The lowest BCUT2D eigenvalue weighted by Gasteiger charge is -2.17. The summed E-state index contributed by atoms with van der Waals surface area (Å²) in [5.74, 6) is 0. The van der Waals surface area contributed by atoms with Gasteiger partial charge >= 0.3 is 0 Å². The number of benzene rings is 2. The zero-order chi connectivity index (χ0) is 20.6. The molecule has 3 rings (SSSR count). The first-order valence-corrected chi connectivity index (χ1v) is 10.5. The summed E-state index contributed by atoms with van der Waals surface area (Å²) in [6, 6.07) is 17.4. The predicted octanol–water partition coefficient (Wildman–Crippen LogP) is 6.33. The van der Waals surface area contributed by atoms with Gasteiger partial charge in [-0.1, -0.05) is 30.3 Å². The van der Waals surface area contributed by atoms with E-state index in [1.54, 1.807) is 0 Å². The topological polar surface area (TPSA) is 36.4 Å². The van der Waals surface area contributed by atoms with E-state index in [-0.39, 0.29) is 0 Å². The monoisotopic (exact) mass is 385 g/mol. The zero-order valence-electron chi connectivity index (χ0n) is 17.9. The van der Waals surface area contributed by atoms with E-state index >= 15 is 0 Å². The Morgan fingerprint density at radius 3 is 1.69 bits per heavy atom. The summed E-state index contributed by atoms with van der Waals surface area (Å²) in [5.41, 5.74) is 9.44. The van der Waals surface area contributed by atoms with Crippen molar-refractivity contribution in [3.05, 3.63) is 89.0 Å². The van der Waals surface area contributed by atoms with E-state index in [0.29, 0.717) is 0 Å². The maximum Gasteiger partial charge on any atom is 0.0603 e. The van der Waals surface area contributed by atoms with Crippen LogP contribution in [0, 0.1) is 0 Å². The van der Waals surface area contributed by atoms with Crippen molar-refractivity contribution in [3.8, 4) is 0 Å². The van der Waals surface area contributed by atoms with E-state index in [1.807, 2.05) is 0 Å². The van der Waals surface area contributed by atoms with E-state index in [2.05, 4.69) is 110 Å². The zero-order valence-corrected chi connectivity index (χ0v) is 17.9. The average molecular weight is 386 g/mol. The molecule has 0 amide bonds. The third-order valence-electron chi connectivity index (χ3n) is 4.92. The third-order valence-corrected chi connectivity index (χ3v) is 4.92. The molecule has 0 heterocycles. The summed E-state index contributed by atoms with van der Waals surface area (Å²) in [6.45, 7) is 11.1. The number of allylic oxidation sites excluding steroid dienone is 5. The molecule has 0 radical (unpaired) electrons. The molecule has 0 fully saturated rings. The number of hydrogen-bond donors (Lipinski definition) is 2. The van der Waals surface area contributed by atoms with Crippen molar-refractivity contribution in [2.24, 2.45) is 4.99 Å². The van der Waals surface area contributed by atoms with Crippen LogP contribution >= 0.6 is 0 Å². The maximum atomic E-state index is 4.59. The fraction of sp³-hybridized carbons (Fsp3) is 0.269. The van der Waals surface area contributed by atoms with Gasteiger partial charge in [0.1, 0.15) is 0 Å². The Hall–Kier alpha value is -3.07. The van der Waals surface area contributed by atoms with Crippen LogP contribution in [-0.2, 0) is 0 Å². The molecule has 3 heteroatoms. The van der Waals surface area contributed by atoms with Gasteiger partial charge in [-0.3, -0.25) is 4.99 Å². The number of nitrogens with zero attached hydrogens (tertiary/aromatic N) is 1. The maximum absolute atomic E-state index is 4.59. The van der Waals surface area contributed by atoms with Crippen LogP contribution in [0.5, 0.6) is 0 Å². The molecule has 2 aromatic rings. The van der Waals surface area contributed by atoms with Gasteiger partial charge in [-0.15, -0.1) is 0 Å². The summed E-state index contributed by atoms with van der Waals surface area (Å²) in [5, 5.41) is 6.75. The number of hydrogen-bond acceptors (Lipinski definition) is 3. The Bertz CT molecular complexity index is 891. The highest BCUT2D eigenvalue weighted by atomic mass is 14.9. The van der Waals surface area contributed by atoms with Crippen LogP contribution in [-0.4, -0.2) is 25.3 Å². The second-order valence-corrected chi connectivity index (χ2v) is 7.07. The van der Waals surface area contributed by atoms with Gasteiger partial charge in [0, 0.05) is 31.0 Å². The summed E-state index contributed by atoms with van der Waals surface area (Å²) < 4.78 is 0. The molecular weight excluding hydrogens is 354 g/mol. The lowest BCUT2D eigenvalue weighted by atomic mass is 9.89. The van der Waals surface area contributed by atoms with Crippen molar-refractivity contribution in [1.82, 2.24) is 0 Å². The third kappa shape index (κ3) is 5.05. The highest BCUT2D eigenvalue weighted by molar-refractivity contribution is 6.10. The van der Waals surface area contributed by atoms with E-state index in [9.17, 15) is 0 Å². The standard InChI is InChI=1S/C26H31N3/c1-5-27-23-13-8-20(9-14-23)26(21-10-15-24(16-11-21)28-6-2)22-12-17-25(29-7-3)19(4)18-22/h8-18,27-28H,5-7H2,1-4H3. The highest BCUT2D eigenvalue weighted by Crippen LogP contribution is 2.32. The normalized spacial score (nSPS) is 14.7. The molecule has 0 saturated heterocycles. The summed E-state index contributed by atoms with van der Waals surface area (Å²) in [6.07, 6.45) is 6.57. The molecule has 0 unspecified atom stereocenters. The van der Waals surface area contributed by atoms with Crippen molar-refractivity contribution in [2.75, 3.05) is 30.3 Å². The SMILES string of the molecule is CCN=C1C=CC(=C(c2ccc(NCC)cc2)c2ccc(NCC)cc2)C=C1C. The van der Waals surface area contributed by atoms with Gasteiger partial charge in [0.05, 0.1) is 5.71 Å². The molecule has 0 aliphatic heterocycles. The first-order valence-electron chi connectivity index (χ1n) is 10.5. The van der Waals surface area contributed by atoms with Gasteiger partial charge in [-0.25, -0.2) is 0 Å². The minimum Gasteiger partial charge on any atom is -0.385 e. The summed E-state index contributed by atoms with van der Waals surface area (Å²) in [7, 11) is 0. The van der Waals surface area contributed by atoms with E-state index in [4.69, 9.17) is 0 Å². The second kappa shape index (κ2) is 9.92. The summed E-state index contributed by atoms with van der Waals surface area (Å²) >= 11 is 0. The minimum atomic E-state index is 0.800. The van der Waals surface area contributed by atoms with Gasteiger partial charge in [0.2, 0.25) is 0 Å². The Morgan fingerprint density at radius 2 is 1.28 bits per heavy atom.